The molecule has 1 aliphatic rings. The lowest BCUT2D eigenvalue weighted by molar-refractivity contribution is 0.0498. The molecule has 1 aliphatic heterocycles. The van der Waals surface area contributed by atoms with Crippen LogP contribution >= 0.6 is 22.6 Å². The highest BCUT2D eigenvalue weighted by molar-refractivity contribution is 14.1. The van der Waals surface area contributed by atoms with Gasteiger partial charge in [0.25, 0.3) is 5.91 Å². The number of aliphatic hydroxyl groups is 1. The fraction of sp³-hybridized carbons (Fsp3) is 0.632. The summed E-state index contributed by atoms with van der Waals surface area (Å²) in [4.78, 5) is 14.5. The van der Waals surface area contributed by atoms with Crippen molar-refractivity contribution in [2.75, 3.05) is 26.2 Å². The van der Waals surface area contributed by atoms with Gasteiger partial charge in [-0.25, -0.2) is 0 Å². The number of piperidine rings is 1. The van der Waals surface area contributed by atoms with Gasteiger partial charge < -0.3 is 10.4 Å². The molecule has 1 atom stereocenters. The molecule has 0 aromatic heterocycles. The Labute approximate surface area is 164 Å². The zero-order valence-corrected chi connectivity index (χ0v) is 17.5. The minimum atomic E-state index is -0.503. The summed E-state index contributed by atoms with van der Waals surface area (Å²) in [5.41, 5.74) is 0.637. The third kappa shape index (κ3) is 7.60. The molecule has 0 aliphatic carbocycles. The van der Waals surface area contributed by atoms with Crippen LogP contribution in [0.4, 0.5) is 0 Å². The van der Waals surface area contributed by atoms with E-state index in [4.69, 9.17) is 0 Å². The number of nitrogens with zero attached hydrogens (tertiary/aromatic N) is 1. The van der Waals surface area contributed by atoms with Crippen LogP contribution in [-0.2, 0) is 0 Å². The predicted octanol–water partition coefficient (Wildman–Crippen LogP) is 2.44. The van der Waals surface area contributed by atoms with E-state index in [1.807, 2.05) is 24.3 Å². The zero-order chi connectivity index (χ0) is 18.4. The number of benzene rings is 1. The van der Waals surface area contributed by atoms with Crippen LogP contribution in [0.1, 0.15) is 44.0 Å². The quantitative estimate of drug-likeness (QED) is 0.452. The molecule has 140 valence electrons. The van der Waals surface area contributed by atoms with Crippen molar-refractivity contribution in [3.63, 3.8) is 0 Å². The highest BCUT2D eigenvalue weighted by Gasteiger charge is 2.23. The van der Waals surface area contributed by atoms with Gasteiger partial charge in [0, 0.05) is 27.8 Å². The third-order valence-electron chi connectivity index (χ3n) is 4.38. The Morgan fingerprint density at radius 3 is 2.64 bits per heavy atom. The van der Waals surface area contributed by atoms with Crippen LogP contribution in [0.5, 0.6) is 0 Å². The normalized spacial score (nSPS) is 18.1. The van der Waals surface area contributed by atoms with Gasteiger partial charge in [0.2, 0.25) is 0 Å². The van der Waals surface area contributed by atoms with E-state index in [-0.39, 0.29) is 11.4 Å². The van der Waals surface area contributed by atoms with Gasteiger partial charge in [-0.05, 0) is 93.4 Å². The molecular formula is C19H30IN3O2. The molecular weight excluding hydrogens is 429 g/mol. The summed E-state index contributed by atoms with van der Waals surface area (Å²) in [6.45, 7) is 9.47. The van der Waals surface area contributed by atoms with E-state index in [2.05, 4.69) is 58.9 Å². The number of β-amino-alcohol motifs (C(OH)–C–C–N with tert-alkyl or cyclic N) is 1. The van der Waals surface area contributed by atoms with Crippen LogP contribution in [0, 0.1) is 9.49 Å². The minimum absolute atomic E-state index is 0.00532. The molecule has 0 spiro atoms. The number of hydrogen-bond donors (Lipinski definition) is 3. The van der Waals surface area contributed by atoms with Crippen molar-refractivity contribution < 1.29 is 9.90 Å². The molecule has 1 aromatic carbocycles. The van der Waals surface area contributed by atoms with Crippen LogP contribution < -0.4 is 10.6 Å². The topological polar surface area (TPSA) is 64.6 Å². The summed E-state index contributed by atoms with van der Waals surface area (Å²) in [6.07, 6.45) is 1.60. The summed E-state index contributed by atoms with van der Waals surface area (Å²) < 4.78 is 1.07. The Kier molecular flexibility index (Phi) is 7.67. The van der Waals surface area contributed by atoms with E-state index < -0.39 is 6.23 Å². The molecule has 1 saturated heterocycles. The monoisotopic (exact) mass is 459 g/mol. The molecule has 6 heteroatoms. The SMILES string of the molecule is CC(C)(C)NC(O)CN1CCC(CNC(=O)c2cccc(I)c2)CC1. The van der Waals surface area contributed by atoms with Gasteiger partial charge in [0.15, 0.2) is 0 Å². The average Bonchev–Trinajstić information content (AvgIpc) is 2.52. The summed E-state index contributed by atoms with van der Waals surface area (Å²) in [7, 11) is 0. The maximum absolute atomic E-state index is 12.2. The molecule has 1 unspecified atom stereocenters. The number of hydrogen-bond acceptors (Lipinski definition) is 4. The Morgan fingerprint density at radius 1 is 1.36 bits per heavy atom. The van der Waals surface area contributed by atoms with Gasteiger partial charge in [-0.15, -0.1) is 0 Å². The number of rotatable bonds is 6. The van der Waals surface area contributed by atoms with Crippen molar-refractivity contribution >= 4 is 28.5 Å². The maximum atomic E-state index is 12.2. The lowest BCUT2D eigenvalue weighted by Gasteiger charge is -2.35. The number of aliphatic hydroxyl groups excluding tert-OH is 1. The molecule has 5 nitrogen and oxygen atoms in total. The van der Waals surface area contributed by atoms with Gasteiger partial charge >= 0.3 is 0 Å². The second-order valence-electron chi connectivity index (χ2n) is 7.87. The van der Waals surface area contributed by atoms with Crippen LogP contribution in [-0.4, -0.2) is 53.9 Å². The summed E-state index contributed by atoms with van der Waals surface area (Å²) in [5, 5.41) is 16.4. The van der Waals surface area contributed by atoms with Gasteiger partial charge in [-0.1, -0.05) is 6.07 Å². The molecule has 25 heavy (non-hydrogen) atoms. The lowest BCUT2D eigenvalue weighted by Crippen LogP contribution is -2.50. The third-order valence-corrected chi connectivity index (χ3v) is 5.05. The van der Waals surface area contributed by atoms with E-state index in [9.17, 15) is 9.90 Å². The van der Waals surface area contributed by atoms with Crippen molar-refractivity contribution in [2.45, 2.75) is 45.4 Å². The van der Waals surface area contributed by atoms with Gasteiger partial charge in [-0.3, -0.25) is 15.0 Å². The number of carbonyl (C=O) groups excluding carboxylic acids is 1. The Bertz CT molecular complexity index is 566. The van der Waals surface area contributed by atoms with Crippen LogP contribution in [0.2, 0.25) is 0 Å². The van der Waals surface area contributed by atoms with E-state index >= 15 is 0 Å². The second-order valence-corrected chi connectivity index (χ2v) is 9.12. The predicted molar refractivity (Wildman–Crippen MR) is 110 cm³/mol. The maximum Gasteiger partial charge on any atom is 0.251 e. The van der Waals surface area contributed by atoms with Crippen molar-refractivity contribution in [3.05, 3.63) is 33.4 Å². The largest absolute Gasteiger partial charge is 0.377 e. The van der Waals surface area contributed by atoms with Crippen molar-refractivity contribution in [1.82, 2.24) is 15.5 Å². The second kappa shape index (κ2) is 9.30. The van der Waals surface area contributed by atoms with E-state index in [1.165, 1.54) is 0 Å². The van der Waals surface area contributed by atoms with E-state index in [1.54, 1.807) is 0 Å². The van der Waals surface area contributed by atoms with Crippen LogP contribution in [0.25, 0.3) is 0 Å². The highest BCUT2D eigenvalue weighted by Crippen LogP contribution is 2.17. The summed E-state index contributed by atoms with van der Waals surface area (Å²) >= 11 is 2.22. The minimum Gasteiger partial charge on any atom is -0.377 e. The van der Waals surface area contributed by atoms with Crippen LogP contribution in [0.15, 0.2) is 24.3 Å². The fourth-order valence-corrected chi connectivity index (χ4v) is 3.68. The standard InChI is InChI=1S/C19H30IN3O2/c1-19(2,3)22-17(24)13-23-9-7-14(8-10-23)12-21-18(25)15-5-4-6-16(20)11-15/h4-6,11,14,17,22,24H,7-10,12-13H2,1-3H3,(H,21,25). The molecule has 0 saturated carbocycles. The Hall–Kier alpha value is -0.700. The smallest absolute Gasteiger partial charge is 0.251 e. The van der Waals surface area contributed by atoms with Gasteiger partial charge in [0.1, 0.15) is 6.23 Å². The zero-order valence-electron chi connectivity index (χ0n) is 15.4. The summed E-state index contributed by atoms with van der Waals surface area (Å²) in [5.74, 6) is 0.515. The van der Waals surface area contributed by atoms with Crippen molar-refractivity contribution in [1.29, 1.82) is 0 Å². The lowest BCUT2D eigenvalue weighted by atomic mass is 9.96. The molecule has 3 N–H and O–H groups in total. The number of nitrogens with one attached hydrogen (secondary N) is 2. The van der Waals surface area contributed by atoms with Gasteiger partial charge in [-0.2, -0.15) is 0 Å². The Balaban J connectivity index is 1.69. The molecule has 1 fully saturated rings. The number of amides is 1. The first kappa shape index (κ1) is 20.6. The summed E-state index contributed by atoms with van der Waals surface area (Å²) in [6, 6.07) is 7.65. The van der Waals surface area contributed by atoms with Crippen molar-refractivity contribution in [2.24, 2.45) is 5.92 Å². The fourth-order valence-electron chi connectivity index (χ4n) is 3.13. The first-order valence-corrected chi connectivity index (χ1v) is 10.0. The Morgan fingerprint density at radius 2 is 2.04 bits per heavy atom. The highest BCUT2D eigenvalue weighted by atomic mass is 127. The number of halogens is 1. The number of likely N-dealkylation sites (tertiary alicyclic amines) is 1. The molecule has 1 aromatic rings. The molecule has 2 rings (SSSR count). The first-order chi connectivity index (χ1) is 11.7. The number of carbonyl (C=O) groups is 1. The van der Waals surface area contributed by atoms with Crippen molar-refractivity contribution in [3.8, 4) is 0 Å². The van der Waals surface area contributed by atoms with Gasteiger partial charge in [0.05, 0.1) is 0 Å². The first-order valence-electron chi connectivity index (χ1n) is 8.95. The molecule has 0 bridgehead atoms. The van der Waals surface area contributed by atoms with E-state index in [0.29, 0.717) is 12.5 Å². The molecule has 0 radical (unpaired) electrons. The average molecular weight is 459 g/mol. The molecule has 1 heterocycles. The molecule has 1 amide bonds. The van der Waals surface area contributed by atoms with E-state index in [0.717, 1.165) is 41.6 Å². The van der Waals surface area contributed by atoms with Crippen LogP contribution in [0.3, 0.4) is 0 Å².